The van der Waals surface area contributed by atoms with Crippen molar-refractivity contribution in [3.8, 4) is 0 Å². The standard InChI is InChI=1S/C14H9Cl2N3OS/c15-9-3-7(4-10(17)13(9)16)14(20)19-8-1-2-11-12(5-8)21-6-18-11/h1-6H,17H2,(H,19,20). The fourth-order valence-electron chi connectivity index (χ4n) is 1.88. The molecule has 21 heavy (non-hydrogen) atoms. The Hall–Kier alpha value is -1.82. The highest BCUT2D eigenvalue weighted by molar-refractivity contribution is 7.16. The number of amides is 1. The number of carbonyl (C=O) groups excluding carboxylic acids is 1. The van der Waals surface area contributed by atoms with Crippen molar-refractivity contribution in [2.24, 2.45) is 0 Å². The number of rotatable bonds is 2. The topological polar surface area (TPSA) is 68.0 Å². The van der Waals surface area contributed by atoms with Gasteiger partial charge < -0.3 is 11.1 Å². The summed E-state index contributed by atoms with van der Waals surface area (Å²) >= 11 is 13.3. The van der Waals surface area contributed by atoms with Crippen molar-refractivity contribution in [2.75, 3.05) is 11.1 Å². The second kappa shape index (κ2) is 5.52. The van der Waals surface area contributed by atoms with Crippen molar-refractivity contribution in [3.63, 3.8) is 0 Å². The average molecular weight is 338 g/mol. The molecule has 3 aromatic rings. The van der Waals surface area contributed by atoms with Gasteiger partial charge in [-0.3, -0.25) is 4.79 Å². The summed E-state index contributed by atoms with van der Waals surface area (Å²) in [4.78, 5) is 16.4. The Morgan fingerprint density at radius 3 is 2.81 bits per heavy atom. The van der Waals surface area contributed by atoms with Crippen molar-refractivity contribution >= 4 is 62.0 Å². The van der Waals surface area contributed by atoms with Crippen molar-refractivity contribution in [1.82, 2.24) is 4.98 Å². The van der Waals surface area contributed by atoms with Crippen LogP contribution in [0.3, 0.4) is 0 Å². The minimum absolute atomic E-state index is 0.249. The second-order valence-corrected chi connectivity index (χ2v) is 6.02. The molecule has 1 aromatic heterocycles. The van der Waals surface area contributed by atoms with Crippen molar-refractivity contribution in [3.05, 3.63) is 51.5 Å². The summed E-state index contributed by atoms with van der Waals surface area (Å²) < 4.78 is 1.00. The molecular formula is C14H9Cl2N3OS. The van der Waals surface area contributed by atoms with Gasteiger partial charge in [0.25, 0.3) is 5.91 Å². The molecule has 0 atom stereocenters. The molecule has 0 radical (unpaired) electrons. The number of nitrogens with two attached hydrogens (primary N) is 1. The Bertz CT molecular complexity index is 824. The van der Waals surface area contributed by atoms with E-state index in [1.54, 1.807) is 11.6 Å². The first-order chi connectivity index (χ1) is 10.0. The van der Waals surface area contributed by atoms with Gasteiger partial charge in [-0.15, -0.1) is 11.3 Å². The van der Waals surface area contributed by atoms with Crippen LogP contribution in [0.1, 0.15) is 10.4 Å². The van der Waals surface area contributed by atoms with E-state index in [9.17, 15) is 4.79 Å². The van der Waals surface area contributed by atoms with Crippen LogP contribution in [0.5, 0.6) is 0 Å². The number of halogens is 2. The summed E-state index contributed by atoms with van der Waals surface area (Å²) in [6.07, 6.45) is 0. The average Bonchev–Trinajstić information content (AvgIpc) is 2.91. The summed E-state index contributed by atoms with van der Waals surface area (Å²) in [6, 6.07) is 8.49. The monoisotopic (exact) mass is 337 g/mol. The molecule has 0 unspecified atom stereocenters. The summed E-state index contributed by atoms with van der Waals surface area (Å²) in [5, 5.41) is 3.30. The number of nitrogens with one attached hydrogen (secondary N) is 1. The van der Waals surface area contributed by atoms with E-state index in [2.05, 4.69) is 10.3 Å². The Morgan fingerprint density at radius 1 is 1.24 bits per heavy atom. The third-order valence-electron chi connectivity index (χ3n) is 2.91. The van der Waals surface area contributed by atoms with Crippen molar-refractivity contribution in [1.29, 1.82) is 0 Å². The van der Waals surface area contributed by atoms with Crippen LogP contribution in [-0.4, -0.2) is 10.9 Å². The Kier molecular flexibility index (Phi) is 3.71. The highest BCUT2D eigenvalue weighted by Crippen LogP contribution is 2.30. The highest BCUT2D eigenvalue weighted by Gasteiger charge is 2.12. The molecule has 0 bridgehead atoms. The molecule has 0 aliphatic heterocycles. The smallest absolute Gasteiger partial charge is 0.255 e. The Balaban J connectivity index is 1.88. The lowest BCUT2D eigenvalue weighted by atomic mass is 10.2. The molecule has 7 heteroatoms. The Labute approximate surface area is 134 Å². The molecule has 4 nitrogen and oxygen atoms in total. The molecule has 0 aliphatic rings. The predicted molar refractivity (Wildman–Crippen MR) is 88.4 cm³/mol. The third kappa shape index (κ3) is 2.81. The van der Waals surface area contributed by atoms with Gasteiger partial charge in [-0.1, -0.05) is 23.2 Å². The van der Waals surface area contributed by atoms with E-state index < -0.39 is 0 Å². The molecule has 1 heterocycles. The number of hydrogen-bond donors (Lipinski definition) is 2. The Morgan fingerprint density at radius 2 is 2.05 bits per heavy atom. The summed E-state index contributed by atoms with van der Waals surface area (Å²) in [5.41, 5.74) is 9.68. The first kappa shape index (κ1) is 14.1. The number of benzene rings is 2. The fourth-order valence-corrected chi connectivity index (χ4v) is 2.93. The van der Waals surface area contributed by atoms with Crippen LogP contribution in [0.4, 0.5) is 11.4 Å². The zero-order valence-corrected chi connectivity index (χ0v) is 12.9. The van der Waals surface area contributed by atoms with E-state index >= 15 is 0 Å². The zero-order chi connectivity index (χ0) is 15.0. The lowest BCUT2D eigenvalue weighted by Gasteiger charge is -2.08. The van der Waals surface area contributed by atoms with E-state index in [1.807, 2.05) is 12.1 Å². The number of aromatic nitrogens is 1. The van der Waals surface area contributed by atoms with Crippen LogP contribution in [0.25, 0.3) is 10.2 Å². The van der Waals surface area contributed by atoms with Gasteiger partial charge in [0.15, 0.2) is 0 Å². The minimum atomic E-state index is -0.302. The number of carbonyl (C=O) groups is 1. The first-order valence-electron chi connectivity index (χ1n) is 5.94. The lowest BCUT2D eigenvalue weighted by molar-refractivity contribution is 0.102. The predicted octanol–water partition coefficient (Wildman–Crippen LogP) is 4.44. The van der Waals surface area contributed by atoms with Gasteiger partial charge in [0.2, 0.25) is 0 Å². The maximum Gasteiger partial charge on any atom is 0.255 e. The van der Waals surface area contributed by atoms with Crippen molar-refractivity contribution < 1.29 is 4.79 Å². The van der Waals surface area contributed by atoms with Crippen LogP contribution in [-0.2, 0) is 0 Å². The van der Waals surface area contributed by atoms with Gasteiger partial charge in [0, 0.05) is 11.3 Å². The van der Waals surface area contributed by atoms with E-state index in [-0.39, 0.29) is 21.6 Å². The summed E-state index contributed by atoms with van der Waals surface area (Å²) in [6.45, 7) is 0. The first-order valence-corrected chi connectivity index (χ1v) is 7.57. The van der Waals surface area contributed by atoms with Gasteiger partial charge >= 0.3 is 0 Å². The SMILES string of the molecule is Nc1cc(C(=O)Nc2ccc3ncsc3c2)cc(Cl)c1Cl. The van der Waals surface area contributed by atoms with Crippen LogP contribution in [0, 0.1) is 0 Å². The van der Waals surface area contributed by atoms with Gasteiger partial charge in [0.05, 0.1) is 31.5 Å². The number of hydrogen-bond acceptors (Lipinski definition) is 4. The molecule has 0 spiro atoms. The van der Waals surface area contributed by atoms with Gasteiger partial charge in [-0.05, 0) is 30.3 Å². The number of nitrogen functional groups attached to an aromatic ring is 1. The van der Waals surface area contributed by atoms with E-state index in [0.717, 1.165) is 10.2 Å². The number of fused-ring (bicyclic) bond motifs is 1. The second-order valence-electron chi connectivity index (χ2n) is 4.35. The molecule has 0 saturated heterocycles. The molecule has 3 N–H and O–H groups in total. The molecule has 0 saturated carbocycles. The fraction of sp³-hybridized carbons (Fsp3) is 0. The van der Waals surface area contributed by atoms with Gasteiger partial charge in [-0.2, -0.15) is 0 Å². The third-order valence-corrected chi connectivity index (χ3v) is 4.52. The molecular weight excluding hydrogens is 329 g/mol. The molecule has 3 rings (SSSR count). The molecule has 0 aliphatic carbocycles. The molecule has 106 valence electrons. The van der Waals surface area contributed by atoms with Crippen LogP contribution in [0.15, 0.2) is 35.8 Å². The quantitative estimate of drug-likeness (QED) is 0.679. The van der Waals surface area contributed by atoms with E-state index in [1.165, 1.54) is 23.5 Å². The molecule has 2 aromatic carbocycles. The molecule has 0 fully saturated rings. The molecule has 1 amide bonds. The van der Waals surface area contributed by atoms with E-state index in [4.69, 9.17) is 28.9 Å². The summed E-state index contributed by atoms with van der Waals surface area (Å²) in [5.74, 6) is -0.302. The largest absolute Gasteiger partial charge is 0.397 e. The van der Waals surface area contributed by atoms with Crippen LogP contribution >= 0.6 is 34.5 Å². The lowest BCUT2D eigenvalue weighted by Crippen LogP contribution is -2.12. The van der Waals surface area contributed by atoms with Crippen LogP contribution in [0.2, 0.25) is 10.0 Å². The number of thiazole rings is 1. The van der Waals surface area contributed by atoms with Crippen molar-refractivity contribution in [2.45, 2.75) is 0 Å². The zero-order valence-electron chi connectivity index (χ0n) is 10.6. The number of nitrogens with zero attached hydrogens (tertiary/aromatic N) is 1. The maximum atomic E-state index is 12.2. The van der Waals surface area contributed by atoms with Crippen LogP contribution < -0.4 is 11.1 Å². The minimum Gasteiger partial charge on any atom is -0.397 e. The van der Waals surface area contributed by atoms with Gasteiger partial charge in [-0.25, -0.2) is 4.98 Å². The van der Waals surface area contributed by atoms with E-state index in [0.29, 0.717) is 11.3 Å². The number of anilines is 2. The highest BCUT2D eigenvalue weighted by atomic mass is 35.5. The maximum absolute atomic E-state index is 12.2. The summed E-state index contributed by atoms with van der Waals surface area (Å²) in [7, 11) is 0. The normalized spacial score (nSPS) is 10.8. The van der Waals surface area contributed by atoms with Gasteiger partial charge in [0.1, 0.15) is 0 Å².